The van der Waals surface area contributed by atoms with Crippen molar-refractivity contribution in [3.63, 3.8) is 0 Å². The largest absolute Gasteiger partial charge is 0.370 e. The van der Waals surface area contributed by atoms with Crippen molar-refractivity contribution in [3.05, 3.63) is 34.9 Å². The molecule has 4 heteroatoms. The van der Waals surface area contributed by atoms with Gasteiger partial charge in [-0.3, -0.25) is 4.99 Å². The summed E-state index contributed by atoms with van der Waals surface area (Å²) in [6, 6.07) is 8.45. The third kappa shape index (κ3) is 3.41. The standard InChI is InChI=1S/C15H22ClN3/c1-11(2)19-14(17)18-10-15(8-3-9-15)12-4-6-13(16)7-5-12/h4-7,11H,3,8-10H2,1-2H3,(H3,17,18,19). The molecule has 1 aromatic carbocycles. The maximum atomic E-state index is 5.95. The van der Waals surface area contributed by atoms with E-state index in [1.165, 1.54) is 24.8 Å². The molecular formula is C15H22ClN3. The van der Waals surface area contributed by atoms with Gasteiger partial charge in [-0.1, -0.05) is 30.2 Å². The van der Waals surface area contributed by atoms with Crippen LogP contribution in [0.4, 0.5) is 0 Å². The minimum absolute atomic E-state index is 0.161. The van der Waals surface area contributed by atoms with Crippen LogP contribution in [0.15, 0.2) is 29.3 Å². The van der Waals surface area contributed by atoms with Crippen molar-refractivity contribution in [3.8, 4) is 0 Å². The minimum Gasteiger partial charge on any atom is -0.370 e. The van der Waals surface area contributed by atoms with Crippen molar-refractivity contribution in [1.29, 1.82) is 0 Å². The highest BCUT2D eigenvalue weighted by atomic mass is 35.5. The van der Waals surface area contributed by atoms with Crippen LogP contribution < -0.4 is 11.1 Å². The zero-order valence-corrected chi connectivity index (χ0v) is 12.4. The molecule has 0 saturated heterocycles. The van der Waals surface area contributed by atoms with Gasteiger partial charge >= 0.3 is 0 Å². The molecule has 104 valence electrons. The van der Waals surface area contributed by atoms with Crippen LogP contribution >= 0.6 is 11.6 Å². The Morgan fingerprint density at radius 2 is 2.00 bits per heavy atom. The van der Waals surface area contributed by atoms with E-state index in [1.807, 2.05) is 12.1 Å². The molecule has 0 aromatic heterocycles. The molecule has 0 spiro atoms. The van der Waals surface area contributed by atoms with Crippen LogP contribution in [-0.2, 0) is 5.41 Å². The number of guanidine groups is 1. The average molecular weight is 280 g/mol. The highest BCUT2D eigenvalue weighted by molar-refractivity contribution is 6.30. The van der Waals surface area contributed by atoms with Crippen molar-refractivity contribution >= 4 is 17.6 Å². The number of hydrogen-bond acceptors (Lipinski definition) is 1. The molecule has 3 N–H and O–H groups in total. The van der Waals surface area contributed by atoms with Crippen LogP contribution in [0.25, 0.3) is 0 Å². The van der Waals surface area contributed by atoms with Crippen LogP contribution in [0.3, 0.4) is 0 Å². The molecule has 19 heavy (non-hydrogen) atoms. The number of nitrogens with two attached hydrogens (primary N) is 1. The summed E-state index contributed by atoms with van der Waals surface area (Å²) in [7, 11) is 0. The third-order valence-electron chi connectivity index (χ3n) is 3.76. The van der Waals surface area contributed by atoms with E-state index in [2.05, 4.69) is 36.3 Å². The molecule has 2 rings (SSSR count). The molecule has 0 atom stereocenters. The Bertz CT molecular complexity index is 447. The fourth-order valence-corrected chi connectivity index (χ4v) is 2.65. The van der Waals surface area contributed by atoms with Gasteiger partial charge in [0.05, 0.1) is 6.54 Å². The summed E-state index contributed by atoms with van der Waals surface area (Å²) >= 11 is 5.95. The van der Waals surface area contributed by atoms with Gasteiger partial charge in [-0.25, -0.2) is 0 Å². The lowest BCUT2D eigenvalue weighted by molar-refractivity contribution is 0.253. The molecule has 0 bridgehead atoms. The van der Waals surface area contributed by atoms with E-state index in [0.29, 0.717) is 12.0 Å². The quantitative estimate of drug-likeness (QED) is 0.657. The van der Waals surface area contributed by atoms with E-state index < -0.39 is 0 Å². The number of halogens is 1. The second-order valence-electron chi connectivity index (χ2n) is 5.64. The first-order valence-corrected chi connectivity index (χ1v) is 7.22. The van der Waals surface area contributed by atoms with E-state index in [0.717, 1.165) is 11.6 Å². The van der Waals surface area contributed by atoms with Gasteiger partial charge in [0.25, 0.3) is 0 Å². The highest BCUT2D eigenvalue weighted by Crippen LogP contribution is 2.44. The molecule has 0 aliphatic heterocycles. The van der Waals surface area contributed by atoms with E-state index in [9.17, 15) is 0 Å². The van der Waals surface area contributed by atoms with Crippen molar-refractivity contribution in [1.82, 2.24) is 5.32 Å². The Kier molecular flexibility index (Phi) is 4.35. The van der Waals surface area contributed by atoms with Crippen molar-refractivity contribution in [2.24, 2.45) is 10.7 Å². The summed E-state index contributed by atoms with van der Waals surface area (Å²) in [5, 5.41) is 3.91. The van der Waals surface area contributed by atoms with E-state index >= 15 is 0 Å². The lowest BCUT2D eigenvalue weighted by Crippen LogP contribution is -2.41. The number of benzene rings is 1. The van der Waals surface area contributed by atoms with Crippen molar-refractivity contribution in [2.75, 3.05) is 6.54 Å². The Labute approximate surface area is 120 Å². The van der Waals surface area contributed by atoms with Gasteiger partial charge in [-0.15, -0.1) is 0 Å². The molecule has 1 aliphatic rings. The topological polar surface area (TPSA) is 50.4 Å². The molecule has 3 nitrogen and oxygen atoms in total. The van der Waals surface area contributed by atoms with Crippen LogP contribution in [0.5, 0.6) is 0 Å². The van der Waals surface area contributed by atoms with E-state index in [4.69, 9.17) is 17.3 Å². The number of nitrogens with zero attached hydrogens (tertiary/aromatic N) is 1. The Morgan fingerprint density at radius 3 is 2.47 bits per heavy atom. The first kappa shape index (κ1) is 14.2. The summed E-state index contributed by atoms with van der Waals surface area (Å²) in [5.74, 6) is 0.537. The van der Waals surface area contributed by atoms with Gasteiger partial charge < -0.3 is 11.1 Å². The van der Waals surface area contributed by atoms with Crippen molar-refractivity contribution in [2.45, 2.75) is 44.6 Å². The van der Waals surface area contributed by atoms with Crippen LogP contribution in [0.2, 0.25) is 5.02 Å². The van der Waals surface area contributed by atoms with Gasteiger partial charge in [-0.05, 0) is 44.4 Å². The Hall–Kier alpha value is -1.22. The second kappa shape index (κ2) is 5.83. The first-order chi connectivity index (χ1) is 9.02. The van der Waals surface area contributed by atoms with Crippen LogP contribution in [-0.4, -0.2) is 18.5 Å². The summed E-state index contributed by atoms with van der Waals surface area (Å²) in [6.45, 7) is 4.86. The molecule has 1 aromatic rings. The number of hydrogen-bond donors (Lipinski definition) is 2. The monoisotopic (exact) mass is 279 g/mol. The lowest BCUT2D eigenvalue weighted by Gasteiger charge is -2.41. The molecule has 0 heterocycles. The highest BCUT2D eigenvalue weighted by Gasteiger charge is 2.38. The minimum atomic E-state index is 0.161. The molecule has 1 saturated carbocycles. The number of aliphatic imine (C=N–C) groups is 1. The first-order valence-electron chi connectivity index (χ1n) is 6.84. The van der Waals surface area contributed by atoms with Gasteiger partial charge in [-0.2, -0.15) is 0 Å². The lowest BCUT2D eigenvalue weighted by atomic mass is 9.64. The predicted molar refractivity (Wildman–Crippen MR) is 81.7 cm³/mol. The van der Waals surface area contributed by atoms with Crippen LogP contribution in [0, 0.1) is 0 Å². The summed E-state index contributed by atoms with van der Waals surface area (Å²) in [6.07, 6.45) is 3.61. The van der Waals surface area contributed by atoms with Gasteiger partial charge in [0.1, 0.15) is 0 Å². The number of rotatable bonds is 4. The summed E-state index contributed by atoms with van der Waals surface area (Å²) < 4.78 is 0. The molecule has 0 radical (unpaired) electrons. The molecule has 0 amide bonds. The smallest absolute Gasteiger partial charge is 0.188 e. The average Bonchev–Trinajstić information content (AvgIpc) is 2.29. The maximum Gasteiger partial charge on any atom is 0.188 e. The van der Waals surface area contributed by atoms with Crippen LogP contribution in [0.1, 0.15) is 38.7 Å². The van der Waals surface area contributed by atoms with Gasteiger partial charge in [0, 0.05) is 16.5 Å². The molecule has 0 unspecified atom stereocenters. The van der Waals surface area contributed by atoms with Gasteiger partial charge in [0.15, 0.2) is 5.96 Å². The Morgan fingerprint density at radius 1 is 1.37 bits per heavy atom. The summed E-state index contributed by atoms with van der Waals surface area (Å²) in [5.41, 5.74) is 7.36. The predicted octanol–water partition coefficient (Wildman–Crippen LogP) is 3.07. The second-order valence-corrected chi connectivity index (χ2v) is 6.08. The molecule has 1 aliphatic carbocycles. The third-order valence-corrected chi connectivity index (χ3v) is 4.01. The van der Waals surface area contributed by atoms with E-state index in [1.54, 1.807) is 0 Å². The zero-order valence-electron chi connectivity index (χ0n) is 11.6. The molecular weight excluding hydrogens is 258 g/mol. The fourth-order valence-electron chi connectivity index (χ4n) is 2.52. The molecule has 1 fully saturated rings. The maximum absolute atomic E-state index is 5.95. The van der Waals surface area contributed by atoms with Crippen molar-refractivity contribution < 1.29 is 0 Å². The fraction of sp³-hybridized carbons (Fsp3) is 0.533. The zero-order chi connectivity index (χ0) is 13.9. The normalized spacial score (nSPS) is 18.2. The summed E-state index contributed by atoms with van der Waals surface area (Å²) in [4.78, 5) is 4.51. The Balaban J connectivity index is 2.09. The SMILES string of the molecule is CC(C)NC(N)=NCC1(c2ccc(Cl)cc2)CCC1. The van der Waals surface area contributed by atoms with E-state index in [-0.39, 0.29) is 5.41 Å². The number of nitrogens with one attached hydrogen (secondary N) is 1. The van der Waals surface area contributed by atoms with Gasteiger partial charge in [0.2, 0.25) is 0 Å².